The van der Waals surface area contributed by atoms with Crippen molar-refractivity contribution in [1.29, 1.82) is 0 Å². The van der Waals surface area contributed by atoms with Crippen LogP contribution in [0, 0.1) is 5.82 Å². The van der Waals surface area contributed by atoms with Crippen molar-refractivity contribution in [2.24, 2.45) is 0 Å². The van der Waals surface area contributed by atoms with E-state index in [-0.39, 0.29) is 16.5 Å². The average Bonchev–Trinajstić information content (AvgIpc) is 2.61. The molecule has 0 amide bonds. The lowest BCUT2D eigenvalue weighted by Gasteiger charge is -2.11. The summed E-state index contributed by atoms with van der Waals surface area (Å²) in [6.07, 6.45) is 0. The van der Waals surface area contributed by atoms with Gasteiger partial charge in [-0.25, -0.2) is 17.6 Å². The highest BCUT2D eigenvalue weighted by Gasteiger charge is 2.22. The highest BCUT2D eigenvalue weighted by molar-refractivity contribution is 7.92. The van der Waals surface area contributed by atoms with Gasteiger partial charge < -0.3 is 5.11 Å². The second-order valence-electron chi connectivity index (χ2n) is 5.64. The third-order valence-electron chi connectivity index (χ3n) is 3.76. The van der Waals surface area contributed by atoms with Crippen molar-refractivity contribution in [3.8, 4) is 11.1 Å². The highest BCUT2D eigenvalue weighted by atomic mass is 35.5. The molecule has 0 fully saturated rings. The van der Waals surface area contributed by atoms with Gasteiger partial charge in [0, 0.05) is 10.7 Å². The van der Waals surface area contributed by atoms with Crippen LogP contribution < -0.4 is 4.72 Å². The molecule has 138 valence electrons. The minimum absolute atomic E-state index is 0.116. The van der Waals surface area contributed by atoms with Crippen molar-refractivity contribution in [3.63, 3.8) is 0 Å². The number of aromatic carboxylic acids is 1. The zero-order valence-corrected chi connectivity index (χ0v) is 15.3. The molecule has 0 atom stereocenters. The van der Waals surface area contributed by atoms with E-state index in [0.717, 1.165) is 12.1 Å². The Labute approximate surface area is 160 Å². The predicted molar refractivity (Wildman–Crippen MR) is 101 cm³/mol. The second-order valence-corrected chi connectivity index (χ2v) is 7.73. The van der Waals surface area contributed by atoms with Gasteiger partial charge in [0.2, 0.25) is 0 Å². The van der Waals surface area contributed by atoms with Crippen LogP contribution in [0.2, 0.25) is 5.02 Å². The summed E-state index contributed by atoms with van der Waals surface area (Å²) in [5, 5.41) is 9.34. The molecule has 0 spiro atoms. The molecule has 0 aliphatic heterocycles. The quantitative estimate of drug-likeness (QED) is 0.647. The van der Waals surface area contributed by atoms with Gasteiger partial charge in [0.15, 0.2) is 0 Å². The third kappa shape index (κ3) is 4.27. The highest BCUT2D eigenvalue weighted by Crippen LogP contribution is 2.25. The van der Waals surface area contributed by atoms with Gasteiger partial charge >= 0.3 is 5.97 Å². The largest absolute Gasteiger partial charge is 0.478 e. The second kappa shape index (κ2) is 7.38. The predicted octanol–water partition coefficient (Wildman–Crippen LogP) is 4.65. The smallest absolute Gasteiger partial charge is 0.337 e. The van der Waals surface area contributed by atoms with E-state index in [1.165, 1.54) is 30.3 Å². The maximum Gasteiger partial charge on any atom is 0.337 e. The molecule has 0 aliphatic carbocycles. The lowest BCUT2D eigenvalue weighted by atomic mass is 10.1. The summed E-state index contributed by atoms with van der Waals surface area (Å²) in [6.45, 7) is 0. The number of carboxylic acids is 1. The number of rotatable bonds is 5. The minimum atomic E-state index is -4.14. The van der Waals surface area contributed by atoms with Gasteiger partial charge in [0.1, 0.15) is 10.7 Å². The summed E-state index contributed by atoms with van der Waals surface area (Å²) < 4.78 is 40.8. The number of carbonyl (C=O) groups is 1. The summed E-state index contributed by atoms with van der Waals surface area (Å²) in [5.41, 5.74) is 1.17. The fourth-order valence-corrected chi connectivity index (χ4v) is 3.92. The summed E-state index contributed by atoms with van der Waals surface area (Å²) in [4.78, 5) is 10.9. The SMILES string of the molecule is O=C(O)c1cc(Cl)ccc1S(=O)(=O)Nc1ccc(-c2cccc(F)c2)cc1. The number of carboxylic acid groups (broad SMARTS) is 1. The Hall–Kier alpha value is -2.90. The Kier molecular flexibility index (Phi) is 5.16. The Balaban J connectivity index is 1.90. The van der Waals surface area contributed by atoms with Crippen molar-refractivity contribution in [3.05, 3.63) is 83.1 Å². The number of sulfonamides is 1. The Morgan fingerprint density at radius 2 is 1.67 bits per heavy atom. The number of anilines is 1. The van der Waals surface area contributed by atoms with Crippen molar-refractivity contribution in [2.45, 2.75) is 4.90 Å². The normalized spacial score (nSPS) is 11.2. The van der Waals surface area contributed by atoms with Crippen LogP contribution in [0.25, 0.3) is 11.1 Å². The van der Waals surface area contributed by atoms with E-state index in [9.17, 15) is 22.7 Å². The van der Waals surface area contributed by atoms with Crippen LogP contribution in [-0.4, -0.2) is 19.5 Å². The summed E-state index contributed by atoms with van der Waals surface area (Å²) in [6, 6.07) is 15.8. The van der Waals surface area contributed by atoms with Crippen LogP contribution in [0.1, 0.15) is 10.4 Å². The molecular weight excluding hydrogens is 393 g/mol. The van der Waals surface area contributed by atoms with E-state index in [2.05, 4.69) is 4.72 Å². The third-order valence-corrected chi connectivity index (χ3v) is 5.43. The molecule has 3 aromatic carbocycles. The molecule has 0 aliphatic rings. The van der Waals surface area contributed by atoms with Crippen molar-refractivity contribution in [2.75, 3.05) is 4.72 Å². The number of hydrogen-bond donors (Lipinski definition) is 2. The van der Waals surface area contributed by atoms with E-state index in [1.807, 2.05) is 0 Å². The fourth-order valence-electron chi connectivity index (χ4n) is 2.51. The first-order chi connectivity index (χ1) is 12.8. The molecule has 0 heterocycles. The lowest BCUT2D eigenvalue weighted by Crippen LogP contribution is -2.16. The first-order valence-electron chi connectivity index (χ1n) is 7.68. The molecule has 8 heteroatoms. The molecule has 0 saturated heterocycles. The van der Waals surface area contributed by atoms with Crippen LogP contribution in [-0.2, 0) is 10.0 Å². The number of benzene rings is 3. The molecular formula is C19H13ClFNO4S. The van der Waals surface area contributed by atoms with Gasteiger partial charge in [-0.2, -0.15) is 0 Å². The van der Waals surface area contributed by atoms with Crippen molar-refractivity contribution >= 4 is 33.3 Å². The Bertz CT molecular complexity index is 1110. The summed E-state index contributed by atoms with van der Waals surface area (Å²) in [5.74, 6) is -1.78. The van der Waals surface area contributed by atoms with E-state index in [0.29, 0.717) is 11.1 Å². The summed E-state index contributed by atoms with van der Waals surface area (Å²) >= 11 is 5.75. The van der Waals surface area contributed by atoms with Crippen LogP contribution in [0.3, 0.4) is 0 Å². The molecule has 0 aromatic heterocycles. The Morgan fingerprint density at radius 3 is 2.30 bits per heavy atom. The molecule has 3 aromatic rings. The zero-order chi connectivity index (χ0) is 19.6. The van der Waals surface area contributed by atoms with E-state index < -0.39 is 26.5 Å². The van der Waals surface area contributed by atoms with Crippen LogP contribution in [0.15, 0.2) is 71.6 Å². The number of nitrogens with one attached hydrogen (secondary N) is 1. The molecule has 0 bridgehead atoms. The first kappa shape index (κ1) is 18.9. The van der Waals surface area contributed by atoms with Crippen LogP contribution in [0.4, 0.5) is 10.1 Å². The van der Waals surface area contributed by atoms with E-state index >= 15 is 0 Å². The molecule has 0 radical (unpaired) electrons. The minimum Gasteiger partial charge on any atom is -0.478 e. The van der Waals surface area contributed by atoms with Gasteiger partial charge in [0.25, 0.3) is 10.0 Å². The lowest BCUT2D eigenvalue weighted by molar-refractivity contribution is 0.0692. The molecule has 5 nitrogen and oxygen atoms in total. The number of halogens is 2. The first-order valence-corrected chi connectivity index (χ1v) is 9.54. The van der Waals surface area contributed by atoms with E-state index in [4.69, 9.17) is 11.6 Å². The van der Waals surface area contributed by atoms with Gasteiger partial charge in [-0.15, -0.1) is 0 Å². The Morgan fingerprint density at radius 1 is 0.963 bits per heavy atom. The van der Waals surface area contributed by atoms with Gasteiger partial charge in [-0.1, -0.05) is 35.9 Å². The van der Waals surface area contributed by atoms with Crippen molar-refractivity contribution < 1.29 is 22.7 Å². The molecule has 3 rings (SSSR count). The molecule has 0 saturated carbocycles. The van der Waals surface area contributed by atoms with Gasteiger partial charge in [0.05, 0.1) is 5.56 Å². The zero-order valence-electron chi connectivity index (χ0n) is 13.7. The standard InChI is InChI=1S/C19H13ClFNO4S/c20-14-6-9-18(17(11-14)19(23)24)27(25,26)22-16-7-4-12(5-8-16)13-2-1-3-15(21)10-13/h1-11,22H,(H,23,24). The van der Waals surface area contributed by atoms with Gasteiger partial charge in [-0.3, -0.25) is 4.72 Å². The van der Waals surface area contributed by atoms with Crippen LogP contribution >= 0.6 is 11.6 Å². The summed E-state index contributed by atoms with van der Waals surface area (Å²) in [7, 11) is -4.14. The fraction of sp³-hybridized carbons (Fsp3) is 0. The molecule has 0 unspecified atom stereocenters. The van der Waals surface area contributed by atoms with Crippen LogP contribution in [0.5, 0.6) is 0 Å². The molecule has 27 heavy (non-hydrogen) atoms. The number of hydrogen-bond acceptors (Lipinski definition) is 3. The maximum atomic E-state index is 13.3. The van der Waals surface area contributed by atoms with E-state index in [1.54, 1.807) is 24.3 Å². The maximum absolute atomic E-state index is 13.3. The average molecular weight is 406 g/mol. The van der Waals surface area contributed by atoms with Gasteiger partial charge in [-0.05, 0) is 53.6 Å². The topological polar surface area (TPSA) is 83.5 Å². The molecule has 2 N–H and O–H groups in total. The monoisotopic (exact) mass is 405 g/mol. The van der Waals surface area contributed by atoms with Crippen molar-refractivity contribution in [1.82, 2.24) is 0 Å².